The van der Waals surface area contributed by atoms with E-state index in [9.17, 15) is 14.4 Å². The van der Waals surface area contributed by atoms with Crippen LogP contribution in [0.25, 0.3) is 0 Å². The maximum atomic E-state index is 13.4. The lowest BCUT2D eigenvalue weighted by atomic mass is 9.72. The molecule has 0 aromatic heterocycles. The Hall–Kier alpha value is -3.21. The number of Topliss-reactive ketones (excluding diaryl/α,β-unsaturated/α-hetero) is 1. The van der Waals surface area contributed by atoms with Gasteiger partial charge in [0.15, 0.2) is 5.78 Å². The van der Waals surface area contributed by atoms with Gasteiger partial charge in [0.1, 0.15) is 12.5 Å². The van der Waals surface area contributed by atoms with Crippen LogP contribution in [0.1, 0.15) is 38.7 Å². The third kappa shape index (κ3) is 3.92. The lowest BCUT2D eigenvalue weighted by Gasteiger charge is -2.41. The summed E-state index contributed by atoms with van der Waals surface area (Å²) in [5, 5.41) is 0. The first-order chi connectivity index (χ1) is 14.4. The van der Waals surface area contributed by atoms with Gasteiger partial charge in [0.05, 0.1) is 0 Å². The highest BCUT2D eigenvalue weighted by molar-refractivity contribution is 6.13. The van der Waals surface area contributed by atoms with Crippen molar-refractivity contribution in [3.8, 4) is 0 Å². The lowest BCUT2D eigenvalue weighted by molar-refractivity contribution is -0.153. The zero-order valence-electron chi connectivity index (χ0n) is 17.3. The zero-order chi connectivity index (χ0) is 21.3. The Balaban J connectivity index is 1.66. The number of benzene rings is 2. The van der Waals surface area contributed by atoms with E-state index in [4.69, 9.17) is 4.74 Å². The molecule has 1 heterocycles. The summed E-state index contributed by atoms with van der Waals surface area (Å²) in [6.45, 7) is 4.16. The van der Waals surface area contributed by atoms with Gasteiger partial charge >= 0.3 is 5.97 Å². The van der Waals surface area contributed by atoms with Crippen LogP contribution >= 0.6 is 0 Å². The van der Waals surface area contributed by atoms with Crippen LogP contribution in [0.15, 0.2) is 71.9 Å². The minimum Gasteiger partial charge on any atom is -0.460 e. The summed E-state index contributed by atoms with van der Waals surface area (Å²) in [6.07, 6.45) is 1.13. The third-order valence-corrected chi connectivity index (χ3v) is 5.69. The van der Waals surface area contributed by atoms with Crippen molar-refractivity contribution >= 4 is 23.3 Å². The van der Waals surface area contributed by atoms with Gasteiger partial charge in [0.2, 0.25) is 5.91 Å². The Labute approximate surface area is 176 Å². The molecule has 1 aliphatic heterocycles. The van der Waals surface area contributed by atoms with E-state index in [1.54, 1.807) is 4.90 Å². The number of para-hydroxylation sites is 1. The Bertz CT molecular complexity index is 1010. The van der Waals surface area contributed by atoms with E-state index in [-0.39, 0.29) is 30.1 Å². The van der Waals surface area contributed by atoms with Gasteiger partial charge in [-0.1, -0.05) is 62.4 Å². The van der Waals surface area contributed by atoms with Crippen LogP contribution in [0.2, 0.25) is 0 Å². The van der Waals surface area contributed by atoms with E-state index in [1.807, 2.05) is 74.5 Å². The van der Waals surface area contributed by atoms with Crippen molar-refractivity contribution in [3.63, 3.8) is 0 Å². The lowest BCUT2D eigenvalue weighted by Crippen LogP contribution is -2.47. The number of ketones is 1. The number of anilines is 1. The molecule has 1 aliphatic carbocycles. The highest BCUT2D eigenvalue weighted by Crippen LogP contribution is 2.44. The first-order valence-electron chi connectivity index (χ1n) is 10.2. The molecule has 5 nitrogen and oxygen atoms in total. The molecule has 0 saturated carbocycles. The highest BCUT2D eigenvalue weighted by atomic mass is 16.5. The Morgan fingerprint density at radius 1 is 1.00 bits per heavy atom. The van der Waals surface area contributed by atoms with Crippen LogP contribution in [0.4, 0.5) is 5.69 Å². The predicted molar refractivity (Wildman–Crippen MR) is 113 cm³/mol. The van der Waals surface area contributed by atoms with Gasteiger partial charge in [-0.05, 0) is 36.0 Å². The number of carbonyl (C=O) groups excluding carboxylic acids is 3. The largest absolute Gasteiger partial charge is 0.460 e. The normalized spacial score (nSPS) is 20.7. The van der Waals surface area contributed by atoms with Crippen molar-refractivity contribution in [3.05, 3.63) is 77.5 Å². The average Bonchev–Trinajstić information content (AvgIpc) is 2.72. The monoisotopic (exact) mass is 403 g/mol. The molecule has 0 N–H and O–H groups in total. The topological polar surface area (TPSA) is 63.7 Å². The molecule has 2 aromatic rings. The molecule has 30 heavy (non-hydrogen) atoms. The molecule has 1 atom stereocenters. The second-order valence-electron chi connectivity index (χ2n) is 8.73. The summed E-state index contributed by atoms with van der Waals surface area (Å²) in [5.41, 5.74) is 2.59. The smallest absolute Gasteiger partial charge is 0.319 e. The quantitative estimate of drug-likeness (QED) is 0.560. The molecule has 2 aliphatic rings. The molecule has 5 heteroatoms. The van der Waals surface area contributed by atoms with Gasteiger partial charge < -0.3 is 4.74 Å². The average molecular weight is 403 g/mol. The summed E-state index contributed by atoms with van der Waals surface area (Å²) in [4.78, 5) is 40.8. The number of ether oxygens (including phenoxy) is 1. The van der Waals surface area contributed by atoms with Crippen LogP contribution in [-0.2, 0) is 25.7 Å². The van der Waals surface area contributed by atoms with E-state index >= 15 is 0 Å². The molecular formula is C25H25NO4. The second-order valence-corrected chi connectivity index (χ2v) is 8.73. The van der Waals surface area contributed by atoms with E-state index in [0.717, 1.165) is 11.3 Å². The molecule has 1 unspecified atom stereocenters. The molecule has 154 valence electrons. The fourth-order valence-electron chi connectivity index (χ4n) is 4.22. The number of esters is 1. The van der Waals surface area contributed by atoms with Gasteiger partial charge in [-0.2, -0.15) is 0 Å². The Kier molecular flexibility index (Phi) is 5.29. The molecule has 0 radical (unpaired) electrons. The molecule has 0 fully saturated rings. The molecule has 0 bridgehead atoms. The highest BCUT2D eigenvalue weighted by Gasteiger charge is 2.46. The first-order valence-corrected chi connectivity index (χ1v) is 10.2. The number of rotatable bonds is 4. The molecule has 2 aromatic carbocycles. The standard InChI is InChI=1S/C25H25NO4/c1-25(2)14-21-19(22(27)15-25)13-20(23(28)26(21)18-11-7-4-8-12-18)24(29)30-16-17-9-5-3-6-10-17/h3-12,20H,13-16H2,1-2H3. The summed E-state index contributed by atoms with van der Waals surface area (Å²) in [7, 11) is 0. The zero-order valence-corrected chi connectivity index (χ0v) is 17.3. The Morgan fingerprint density at radius 2 is 1.63 bits per heavy atom. The number of amides is 1. The van der Waals surface area contributed by atoms with E-state index in [2.05, 4.69) is 0 Å². The maximum absolute atomic E-state index is 13.4. The van der Waals surface area contributed by atoms with Crippen LogP contribution in [0.3, 0.4) is 0 Å². The van der Waals surface area contributed by atoms with E-state index in [0.29, 0.717) is 24.1 Å². The SMILES string of the molecule is CC1(C)CC(=O)C2=C(C1)N(c1ccccc1)C(=O)C(C(=O)OCc1ccccc1)C2. The molecule has 0 spiro atoms. The molecular weight excluding hydrogens is 378 g/mol. The summed E-state index contributed by atoms with van der Waals surface area (Å²) in [6, 6.07) is 18.5. The van der Waals surface area contributed by atoms with E-state index < -0.39 is 11.9 Å². The minimum absolute atomic E-state index is 0.00976. The number of hydrogen-bond donors (Lipinski definition) is 0. The van der Waals surface area contributed by atoms with Crippen LogP contribution < -0.4 is 4.90 Å². The van der Waals surface area contributed by atoms with Gasteiger partial charge in [-0.3, -0.25) is 19.3 Å². The van der Waals surface area contributed by atoms with Gasteiger partial charge in [-0.25, -0.2) is 0 Å². The number of allylic oxidation sites excluding steroid dienone is 2. The van der Waals surface area contributed by atoms with Crippen molar-refractivity contribution in [1.29, 1.82) is 0 Å². The Morgan fingerprint density at radius 3 is 2.30 bits per heavy atom. The van der Waals surface area contributed by atoms with Crippen molar-refractivity contribution in [2.75, 3.05) is 4.90 Å². The van der Waals surface area contributed by atoms with Gasteiger partial charge in [0, 0.05) is 23.4 Å². The maximum Gasteiger partial charge on any atom is 0.319 e. The summed E-state index contributed by atoms with van der Waals surface area (Å²) < 4.78 is 5.46. The van der Waals surface area contributed by atoms with Crippen molar-refractivity contribution < 1.29 is 19.1 Å². The van der Waals surface area contributed by atoms with Gasteiger partial charge in [-0.15, -0.1) is 0 Å². The fourth-order valence-corrected chi connectivity index (χ4v) is 4.22. The fraction of sp³-hybridized carbons (Fsp3) is 0.320. The minimum atomic E-state index is -1.02. The van der Waals surface area contributed by atoms with Crippen molar-refractivity contribution in [1.82, 2.24) is 0 Å². The van der Waals surface area contributed by atoms with Crippen molar-refractivity contribution in [2.24, 2.45) is 11.3 Å². The molecule has 4 rings (SSSR count). The van der Waals surface area contributed by atoms with Crippen molar-refractivity contribution in [2.45, 2.75) is 39.7 Å². The number of nitrogens with zero attached hydrogens (tertiary/aromatic N) is 1. The van der Waals surface area contributed by atoms with Crippen LogP contribution in [-0.4, -0.2) is 17.7 Å². The summed E-state index contributed by atoms with van der Waals surface area (Å²) >= 11 is 0. The van der Waals surface area contributed by atoms with Crippen LogP contribution in [0.5, 0.6) is 0 Å². The summed E-state index contributed by atoms with van der Waals surface area (Å²) in [5.74, 6) is -1.93. The van der Waals surface area contributed by atoms with Gasteiger partial charge in [0.25, 0.3) is 0 Å². The molecule has 0 saturated heterocycles. The first kappa shape index (κ1) is 20.1. The number of hydrogen-bond acceptors (Lipinski definition) is 4. The van der Waals surface area contributed by atoms with E-state index in [1.165, 1.54) is 0 Å². The number of carbonyl (C=O) groups is 3. The third-order valence-electron chi connectivity index (χ3n) is 5.69. The second kappa shape index (κ2) is 7.90. The van der Waals surface area contributed by atoms with Crippen LogP contribution in [0, 0.1) is 11.3 Å². The molecule has 1 amide bonds. The predicted octanol–water partition coefficient (Wildman–Crippen LogP) is 4.43.